The monoisotopic (exact) mass is 412 g/mol. The van der Waals surface area contributed by atoms with Crippen LogP contribution in [0.15, 0.2) is 18.2 Å². The fourth-order valence-corrected chi connectivity index (χ4v) is 5.71. The van der Waals surface area contributed by atoms with Gasteiger partial charge < -0.3 is 0 Å². The van der Waals surface area contributed by atoms with Gasteiger partial charge in [0.05, 0.1) is 0 Å². The Hall–Kier alpha value is -1.06. The smallest absolute Gasteiger partial charge is 0.206 e. The molecular weight excluding hydrogens is 376 g/mol. The zero-order valence-electron chi connectivity index (χ0n) is 17.7. The van der Waals surface area contributed by atoms with E-state index in [1.165, 1.54) is 57.4 Å². The van der Waals surface area contributed by atoms with Crippen molar-refractivity contribution in [2.75, 3.05) is 0 Å². The Morgan fingerprint density at radius 1 is 0.828 bits per heavy atom. The quantitative estimate of drug-likeness (QED) is 0.297. The van der Waals surface area contributed by atoms with E-state index in [0.717, 1.165) is 36.8 Å². The van der Waals surface area contributed by atoms with Gasteiger partial charge in [0.15, 0.2) is 11.6 Å². The summed E-state index contributed by atoms with van der Waals surface area (Å²) in [6, 6.07) is 3.13. The Bertz CT molecular complexity index is 626. The number of hydrogen-bond acceptors (Lipinski definition) is 0. The lowest BCUT2D eigenvalue weighted by Crippen LogP contribution is -2.35. The Balaban J connectivity index is 1.44. The molecule has 2 aliphatic carbocycles. The van der Waals surface area contributed by atoms with Crippen molar-refractivity contribution in [3.8, 4) is 0 Å². The van der Waals surface area contributed by atoms with E-state index in [-0.39, 0.29) is 5.56 Å². The average Bonchev–Trinajstić information content (AvgIpc) is 2.71. The normalized spacial score (nSPS) is 28.4. The van der Waals surface area contributed by atoms with Crippen LogP contribution in [0.1, 0.15) is 89.5 Å². The molecule has 0 aliphatic heterocycles. The van der Waals surface area contributed by atoms with Crippen molar-refractivity contribution in [3.63, 3.8) is 0 Å². The molecule has 0 bridgehead atoms. The highest BCUT2D eigenvalue weighted by Crippen LogP contribution is 2.46. The zero-order valence-corrected chi connectivity index (χ0v) is 17.7. The average molecular weight is 413 g/mol. The molecule has 0 heterocycles. The van der Waals surface area contributed by atoms with Gasteiger partial charge in [-0.05, 0) is 74.0 Å². The van der Waals surface area contributed by atoms with Crippen LogP contribution in [-0.4, -0.2) is 5.92 Å². The topological polar surface area (TPSA) is 0 Å². The lowest BCUT2D eigenvalue weighted by atomic mass is 9.67. The summed E-state index contributed by atoms with van der Waals surface area (Å²) in [5, 5.41) is 0. The predicted octanol–water partition coefficient (Wildman–Crippen LogP) is 8.34. The maximum atomic E-state index is 14.8. The van der Waals surface area contributed by atoms with Gasteiger partial charge in [0.25, 0.3) is 5.92 Å². The SMILES string of the molecule is CCCCCC1CCC(C2CCC(C(F)(F)Cc3ccc(F)c(F)c3)CC2)CC1. The third-order valence-electron chi connectivity index (χ3n) is 7.57. The molecule has 3 rings (SSSR count). The highest BCUT2D eigenvalue weighted by Gasteiger charge is 2.42. The number of halogens is 4. The van der Waals surface area contributed by atoms with E-state index in [1.807, 2.05) is 0 Å². The lowest BCUT2D eigenvalue weighted by molar-refractivity contribution is -0.0777. The molecular formula is C25H36F4. The van der Waals surface area contributed by atoms with E-state index in [1.54, 1.807) is 0 Å². The molecule has 0 spiro atoms. The number of rotatable bonds is 8. The predicted molar refractivity (Wildman–Crippen MR) is 110 cm³/mol. The van der Waals surface area contributed by atoms with Crippen molar-refractivity contribution in [2.24, 2.45) is 23.7 Å². The van der Waals surface area contributed by atoms with Crippen molar-refractivity contribution in [3.05, 3.63) is 35.4 Å². The van der Waals surface area contributed by atoms with Crippen LogP contribution >= 0.6 is 0 Å². The second kappa shape index (κ2) is 10.3. The third kappa shape index (κ3) is 6.21. The zero-order chi connectivity index (χ0) is 20.9. The molecule has 0 unspecified atom stereocenters. The first-order valence-corrected chi connectivity index (χ1v) is 11.7. The van der Waals surface area contributed by atoms with Crippen molar-refractivity contribution in [2.45, 2.75) is 96.3 Å². The molecule has 0 nitrogen and oxygen atoms in total. The molecule has 2 saturated carbocycles. The molecule has 2 fully saturated rings. The third-order valence-corrected chi connectivity index (χ3v) is 7.57. The van der Waals surface area contributed by atoms with Crippen molar-refractivity contribution >= 4 is 0 Å². The molecule has 164 valence electrons. The Morgan fingerprint density at radius 3 is 2.03 bits per heavy atom. The first-order valence-electron chi connectivity index (χ1n) is 11.7. The van der Waals surface area contributed by atoms with Crippen LogP contribution in [0, 0.1) is 35.3 Å². The van der Waals surface area contributed by atoms with Gasteiger partial charge in [-0.1, -0.05) is 51.5 Å². The van der Waals surface area contributed by atoms with Gasteiger partial charge in [0.1, 0.15) is 0 Å². The first-order chi connectivity index (χ1) is 13.9. The molecule has 1 aromatic rings. The highest BCUT2D eigenvalue weighted by molar-refractivity contribution is 5.19. The summed E-state index contributed by atoms with van der Waals surface area (Å²) in [5.41, 5.74) is 0.178. The number of hydrogen-bond donors (Lipinski definition) is 0. The van der Waals surface area contributed by atoms with E-state index in [2.05, 4.69) is 6.92 Å². The number of alkyl halides is 2. The van der Waals surface area contributed by atoms with E-state index in [9.17, 15) is 17.6 Å². The van der Waals surface area contributed by atoms with Crippen LogP contribution in [0.5, 0.6) is 0 Å². The van der Waals surface area contributed by atoms with E-state index in [0.29, 0.717) is 18.8 Å². The second-order valence-electron chi connectivity index (χ2n) is 9.57. The Labute approximate surface area is 173 Å². The van der Waals surface area contributed by atoms with E-state index in [4.69, 9.17) is 0 Å². The van der Waals surface area contributed by atoms with Crippen LogP contribution in [-0.2, 0) is 6.42 Å². The summed E-state index contributed by atoms with van der Waals surface area (Å²) in [4.78, 5) is 0. The summed E-state index contributed by atoms with van der Waals surface area (Å²) >= 11 is 0. The minimum absolute atomic E-state index is 0.178. The fourth-order valence-electron chi connectivity index (χ4n) is 5.71. The van der Waals surface area contributed by atoms with Gasteiger partial charge in [-0.3, -0.25) is 0 Å². The molecule has 0 saturated heterocycles. The minimum atomic E-state index is -2.85. The van der Waals surface area contributed by atoms with Gasteiger partial charge in [-0.15, -0.1) is 0 Å². The molecule has 0 atom stereocenters. The summed E-state index contributed by atoms with van der Waals surface area (Å²) in [5.74, 6) is -3.33. The molecule has 0 radical (unpaired) electrons. The van der Waals surface area contributed by atoms with Crippen LogP contribution in [0.25, 0.3) is 0 Å². The summed E-state index contributed by atoms with van der Waals surface area (Å²) in [7, 11) is 0. The maximum absolute atomic E-state index is 14.8. The molecule has 0 amide bonds. The molecule has 2 aliphatic rings. The minimum Gasteiger partial charge on any atom is -0.206 e. The van der Waals surface area contributed by atoms with Crippen LogP contribution in [0.4, 0.5) is 17.6 Å². The standard InChI is InChI=1S/C25H36F4/c1-2-3-4-5-18-6-9-20(10-7-18)21-11-13-22(14-12-21)25(28,29)17-19-8-15-23(26)24(27)16-19/h8,15-16,18,20-22H,2-7,9-14,17H2,1H3. The molecule has 0 aromatic heterocycles. The maximum Gasteiger partial charge on any atom is 0.254 e. The largest absolute Gasteiger partial charge is 0.254 e. The van der Waals surface area contributed by atoms with Crippen molar-refractivity contribution < 1.29 is 17.6 Å². The van der Waals surface area contributed by atoms with Crippen molar-refractivity contribution in [1.82, 2.24) is 0 Å². The highest BCUT2D eigenvalue weighted by atomic mass is 19.3. The van der Waals surface area contributed by atoms with Gasteiger partial charge in [-0.2, -0.15) is 0 Å². The number of benzene rings is 1. The van der Waals surface area contributed by atoms with Gasteiger partial charge in [0.2, 0.25) is 0 Å². The summed E-state index contributed by atoms with van der Waals surface area (Å²) in [6.07, 6.45) is 12.9. The summed E-state index contributed by atoms with van der Waals surface area (Å²) < 4.78 is 56.0. The van der Waals surface area contributed by atoms with Crippen LogP contribution < -0.4 is 0 Å². The first kappa shape index (κ1) is 22.6. The second-order valence-corrected chi connectivity index (χ2v) is 9.57. The molecule has 0 N–H and O–H groups in total. The van der Waals surface area contributed by atoms with Gasteiger partial charge in [0, 0.05) is 12.3 Å². The van der Waals surface area contributed by atoms with E-state index < -0.39 is 29.9 Å². The Morgan fingerprint density at radius 2 is 1.45 bits per heavy atom. The summed E-state index contributed by atoms with van der Waals surface area (Å²) in [6.45, 7) is 2.24. The van der Waals surface area contributed by atoms with Gasteiger partial charge >= 0.3 is 0 Å². The molecule has 29 heavy (non-hydrogen) atoms. The Kier molecular flexibility index (Phi) is 8.04. The lowest BCUT2D eigenvalue weighted by Gasteiger charge is -2.39. The van der Waals surface area contributed by atoms with Crippen LogP contribution in [0.2, 0.25) is 0 Å². The molecule has 4 heteroatoms. The fraction of sp³-hybridized carbons (Fsp3) is 0.760. The molecule has 1 aromatic carbocycles. The van der Waals surface area contributed by atoms with E-state index >= 15 is 0 Å². The number of unbranched alkanes of at least 4 members (excludes halogenated alkanes) is 2. The van der Waals surface area contributed by atoms with Gasteiger partial charge in [-0.25, -0.2) is 17.6 Å². The van der Waals surface area contributed by atoms with Crippen LogP contribution in [0.3, 0.4) is 0 Å². The van der Waals surface area contributed by atoms with Crippen molar-refractivity contribution in [1.29, 1.82) is 0 Å².